The lowest BCUT2D eigenvalue weighted by atomic mass is 10.1. The van der Waals surface area contributed by atoms with E-state index in [4.69, 9.17) is 5.11 Å². The van der Waals surface area contributed by atoms with E-state index in [1.807, 2.05) is 0 Å². The molecule has 1 N–H and O–H groups in total. The highest BCUT2D eigenvalue weighted by atomic mass is 32.2. The Kier molecular flexibility index (Phi) is 3.26. The quantitative estimate of drug-likeness (QED) is 0.845. The molecule has 15 heavy (non-hydrogen) atoms. The van der Waals surface area contributed by atoms with Crippen molar-refractivity contribution in [2.24, 2.45) is 0 Å². The molecule has 0 aliphatic rings. The molecule has 0 radical (unpaired) electrons. The summed E-state index contributed by atoms with van der Waals surface area (Å²) in [5, 5.41) is 9.73. The summed E-state index contributed by atoms with van der Waals surface area (Å²) in [5.41, 5.74) is 0.672. The molecule has 80 valence electrons. The first-order valence-electron chi connectivity index (χ1n) is 4.10. The van der Waals surface area contributed by atoms with Gasteiger partial charge in [0.05, 0.1) is 5.56 Å². The average Bonchev–Trinajstić information content (AvgIpc) is 2.14. The van der Waals surface area contributed by atoms with E-state index >= 15 is 0 Å². The lowest BCUT2D eigenvalue weighted by Gasteiger charge is -1.96. The van der Waals surface area contributed by atoms with E-state index in [9.17, 15) is 13.2 Å². The molecule has 0 aliphatic carbocycles. The molecule has 1 aromatic carbocycles. The third-order valence-corrected chi connectivity index (χ3v) is 2.27. The second-order valence-corrected chi connectivity index (χ2v) is 4.99. The summed E-state index contributed by atoms with van der Waals surface area (Å²) in [6.45, 7) is 0. The molecule has 1 aromatic rings. The minimum atomic E-state index is -3.18. The summed E-state index contributed by atoms with van der Waals surface area (Å²) in [4.78, 5) is 10.6. The van der Waals surface area contributed by atoms with Gasteiger partial charge < -0.3 is 5.11 Å². The van der Waals surface area contributed by atoms with Crippen LogP contribution in [0.25, 0.3) is 6.08 Å². The van der Waals surface area contributed by atoms with Crippen LogP contribution in [0, 0.1) is 0 Å². The Morgan fingerprint density at radius 3 is 2.60 bits per heavy atom. The van der Waals surface area contributed by atoms with Crippen LogP contribution in [0.15, 0.2) is 29.7 Å². The van der Waals surface area contributed by atoms with E-state index in [2.05, 4.69) is 0 Å². The third kappa shape index (κ3) is 3.95. The maximum Gasteiger partial charge on any atom is 0.335 e. The molecule has 0 aliphatic heterocycles. The normalized spacial score (nSPS) is 11.8. The molecule has 5 heteroatoms. The van der Waals surface area contributed by atoms with Crippen molar-refractivity contribution in [1.29, 1.82) is 0 Å². The van der Waals surface area contributed by atoms with Crippen LogP contribution in [-0.4, -0.2) is 25.7 Å². The molecule has 4 nitrogen and oxygen atoms in total. The van der Waals surface area contributed by atoms with Crippen molar-refractivity contribution < 1.29 is 18.3 Å². The van der Waals surface area contributed by atoms with Crippen molar-refractivity contribution in [3.8, 4) is 0 Å². The predicted octanol–water partition coefficient (Wildman–Crippen LogP) is 1.40. The average molecular weight is 226 g/mol. The Labute approximate surface area is 87.8 Å². The van der Waals surface area contributed by atoms with Crippen molar-refractivity contribution in [2.45, 2.75) is 0 Å². The number of hydrogen-bond donors (Lipinski definition) is 1. The Hall–Kier alpha value is -1.62. The molecule has 0 saturated carbocycles. The van der Waals surface area contributed by atoms with Gasteiger partial charge in [-0.25, -0.2) is 13.2 Å². The van der Waals surface area contributed by atoms with Crippen LogP contribution in [0.3, 0.4) is 0 Å². The molecule has 0 bridgehead atoms. The second kappa shape index (κ2) is 4.27. The molecule has 0 aromatic heterocycles. The monoisotopic (exact) mass is 226 g/mol. The van der Waals surface area contributed by atoms with Crippen molar-refractivity contribution in [3.05, 3.63) is 40.8 Å². The topological polar surface area (TPSA) is 71.4 Å². The zero-order valence-corrected chi connectivity index (χ0v) is 8.86. The van der Waals surface area contributed by atoms with E-state index in [0.717, 1.165) is 11.7 Å². The number of sulfone groups is 1. The fourth-order valence-electron chi connectivity index (χ4n) is 0.978. The van der Waals surface area contributed by atoms with Crippen LogP contribution >= 0.6 is 0 Å². The van der Waals surface area contributed by atoms with Crippen molar-refractivity contribution >= 4 is 21.9 Å². The standard InChI is InChI=1S/C10H10O4S/c1-15(13,14)6-5-8-3-2-4-9(7-8)10(11)12/h2-7H,1H3,(H,11,12). The summed E-state index contributed by atoms with van der Waals surface area (Å²) in [7, 11) is -3.18. The largest absolute Gasteiger partial charge is 0.478 e. The van der Waals surface area contributed by atoms with Crippen LogP contribution in [0.4, 0.5) is 0 Å². The smallest absolute Gasteiger partial charge is 0.335 e. The fraction of sp³-hybridized carbons (Fsp3) is 0.100. The van der Waals surface area contributed by atoms with Gasteiger partial charge in [0, 0.05) is 11.7 Å². The zero-order chi connectivity index (χ0) is 11.5. The molecule has 0 heterocycles. The van der Waals surface area contributed by atoms with Crippen LogP contribution in [0.2, 0.25) is 0 Å². The first-order chi connectivity index (χ1) is 6.88. The van der Waals surface area contributed by atoms with E-state index in [1.165, 1.54) is 18.2 Å². The third-order valence-electron chi connectivity index (χ3n) is 1.64. The Morgan fingerprint density at radius 1 is 1.40 bits per heavy atom. The number of carboxylic acids is 1. The molecular formula is C10H10O4S. The van der Waals surface area contributed by atoms with E-state index in [0.29, 0.717) is 5.56 Å². The number of benzene rings is 1. The van der Waals surface area contributed by atoms with E-state index < -0.39 is 15.8 Å². The lowest BCUT2D eigenvalue weighted by Crippen LogP contribution is -1.95. The minimum absolute atomic E-state index is 0.130. The first-order valence-corrected chi connectivity index (χ1v) is 6.05. The van der Waals surface area contributed by atoms with Crippen LogP contribution in [-0.2, 0) is 9.84 Å². The molecule has 0 amide bonds. The summed E-state index contributed by atoms with van der Waals surface area (Å²) >= 11 is 0. The summed E-state index contributed by atoms with van der Waals surface area (Å²) in [6, 6.07) is 6.05. The summed E-state index contributed by atoms with van der Waals surface area (Å²) < 4.78 is 21.6. The fourth-order valence-corrected chi connectivity index (χ4v) is 1.38. The highest BCUT2D eigenvalue weighted by Crippen LogP contribution is 2.07. The number of hydrogen-bond acceptors (Lipinski definition) is 3. The maximum absolute atomic E-state index is 10.8. The van der Waals surface area contributed by atoms with E-state index in [-0.39, 0.29) is 5.56 Å². The van der Waals surface area contributed by atoms with Gasteiger partial charge >= 0.3 is 5.97 Å². The van der Waals surface area contributed by atoms with Crippen LogP contribution in [0.1, 0.15) is 15.9 Å². The Morgan fingerprint density at radius 2 is 2.07 bits per heavy atom. The first kappa shape index (κ1) is 11.5. The van der Waals surface area contributed by atoms with Gasteiger partial charge in [0.25, 0.3) is 0 Å². The van der Waals surface area contributed by atoms with Gasteiger partial charge in [0.1, 0.15) is 0 Å². The van der Waals surface area contributed by atoms with Crippen molar-refractivity contribution in [2.75, 3.05) is 6.26 Å². The molecular weight excluding hydrogens is 216 g/mol. The SMILES string of the molecule is CS(=O)(=O)C=Cc1cccc(C(=O)O)c1. The van der Waals surface area contributed by atoms with Crippen molar-refractivity contribution in [3.63, 3.8) is 0 Å². The highest BCUT2D eigenvalue weighted by Gasteiger charge is 2.01. The number of aromatic carboxylic acids is 1. The Balaban J connectivity index is 3.02. The maximum atomic E-state index is 10.8. The van der Waals surface area contributed by atoms with Gasteiger partial charge in [-0.1, -0.05) is 12.1 Å². The molecule has 1 rings (SSSR count). The second-order valence-electron chi connectivity index (χ2n) is 3.06. The van der Waals surface area contributed by atoms with Crippen LogP contribution < -0.4 is 0 Å². The summed E-state index contributed by atoms with van der Waals surface area (Å²) in [6.07, 6.45) is 2.44. The molecule has 0 spiro atoms. The van der Waals surface area contributed by atoms with Gasteiger partial charge in [-0.15, -0.1) is 0 Å². The minimum Gasteiger partial charge on any atom is -0.478 e. The number of carboxylic acid groups (broad SMARTS) is 1. The van der Waals surface area contributed by atoms with Gasteiger partial charge in [0.15, 0.2) is 9.84 Å². The lowest BCUT2D eigenvalue weighted by molar-refractivity contribution is 0.0697. The molecule has 0 atom stereocenters. The zero-order valence-electron chi connectivity index (χ0n) is 8.04. The number of carbonyl (C=O) groups is 1. The number of rotatable bonds is 3. The van der Waals surface area contributed by atoms with Gasteiger partial charge in [-0.2, -0.15) is 0 Å². The van der Waals surface area contributed by atoms with Gasteiger partial charge in [-0.05, 0) is 23.8 Å². The van der Waals surface area contributed by atoms with Gasteiger partial charge in [-0.3, -0.25) is 0 Å². The van der Waals surface area contributed by atoms with E-state index in [1.54, 1.807) is 12.1 Å². The summed E-state index contributed by atoms with van der Waals surface area (Å²) in [5.74, 6) is -1.04. The Bertz CT molecular complexity index is 500. The molecule has 0 saturated heterocycles. The predicted molar refractivity (Wildman–Crippen MR) is 57.3 cm³/mol. The van der Waals surface area contributed by atoms with Crippen molar-refractivity contribution in [1.82, 2.24) is 0 Å². The highest BCUT2D eigenvalue weighted by molar-refractivity contribution is 7.93. The molecule has 0 fully saturated rings. The van der Waals surface area contributed by atoms with Gasteiger partial charge in [0.2, 0.25) is 0 Å². The molecule has 0 unspecified atom stereocenters. The van der Waals surface area contributed by atoms with Crippen LogP contribution in [0.5, 0.6) is 0 Å².